The van der Waals surface area contributed by atoms with E-state index in [-0.39, 0.29) is 25.5 Å². The average Bonchev–Trinajstić information content (AvgIpc) is 4.08. The molecular formula is C40H53N7O8S. The molecule has 2 aliphatic heterocycles. The van der Waals surface area contributed by atoms with E-state index in [9.17, 15) is 32.4 Å². The summed E-state index contributed by atoms with van der Waals surface area (Å²) in [6, 6.07) is 8.01. The van der Waals surface area contributed by atoms with Crippen LogP contribution in [0, 0.1) is 11.3 Å². The van der Waals surface area contributed by atoms with Crippen molar-refractivity contribution >= 4 is 39.5 Å². The smallest absolute Gasteiger partial charge is 0.408 e. The van der Waals surface area contributed by atoms with Crippen molar-refractivity contribution < 1.29 is 32.3 Å². The number of sulfonamides is 1. The van der Waals surface area contributed by atoms with Crippen LogP contribution in [0.3, 0.4) is 0 Å². The highest BCUT2D eigenvalue weighted by atomic mass is 32.2. The van der Waals surface area contributed by atoms with Gasteiger partial charge in [0.15, 0.2) is 0 Å². The summed E-state index contributed by atoms with van der Waals surface area (Å²) in [6.07, 6.45) is 7.02. The van der Waals surface area contributed by atoms with Gasteiger partial charge in [0.2, 0.25) is 21.8 Å². The van der Waals surface area contributed by atoms with Crippen molar-refractivity contribution in [3.63, 3.8) is 0 Å². The summed E-state index contributed by atoms with van der Waals surface area (Å²) in [5, 5.41) is 9.84. The van der Waals surface area contributed by atoms with Gasteiger partial charge in [-0.2, -0.15) is 5.10 Å². The van der Waals surface area contributed by atoms with Gasteiger partial charge >= 0.3 is 6.09 Å². The van der Waals surface area contributed by atoms with E-state index in [1.54, 1.807) is 26.8 Å². The second-order valence-electron chi connectivity index (χ2n) is 17.1. The monoisotopic (exact) mass is 791 g/mol. The highest BCUT2D eigenvalue weighted by Gasteiger charge is 2.62. The van der Waals surface area contributed by atoms with Crippen LogP contribution in [0.2, 0.25) is 0 Å². The predicted octanol–water partition coefficient (Wildman–Crippen LogP) is 3.41. The Morgan fingerprint density at radius 2 is 1.71 bits per heavy atom. The van der Waals surface area contributed by atoms with Crippen molar-refractivity contribution in [1.82, 2.24) is 30.0 Å². The average molecular weight is 792 g/mol. The molecule has 5 aliphatic rings. The maximum Gasteiger partial charge on any atom is 0.408 e. The number of carbonyl (C=O) groups is 4. The lowest BCUT2D eigenvalue weighted by Crippen LogP contribution is -2.60. The lowest BCUT2D eigenvalue weighted by molar-refractivity contribution is -0.142. The fourth-order valence-electron chi connectivity index (χ4n) is 8.01. The minimum atomic E-state index is -3.93. The van der Waals surface area contributed by atoms with Crippen molar-refractivity contribution in [3.05, 3.63) is 59.4 Å². The number of anilines is 1. The van der Waals surface area contributed by atoms with E-state index in [4.69, 9.17) is 9.84 Å². The van der Waals surface area contributed by atoms with Gasteiger partial charge in [0.1, 0.15) is 29.4 Å². The molecule has 302 valence electrons. The lowest BCUT2D eigenvalue weighted by Gasteiger charge is -2.36. The summed E-state index contributed by atoms with van der Waals surface area (Å²) in [4.78, 5) is 73.4. The number of rotatable bonds is 12. The second kappa shape index (κ2) is 15.3. The first-order valence-corrected chi connectivity index (χ1v) is 21.4. The third-order valence-corrected chi connectivity index (χ3v) is 13.7. The van der Waals surface area contributed by atoms with E-state index in [1.807, 2.05) is 30.3 Å². The lowest BCUT2D eigenvalue weighted by atomic mass is 9.85. The van der Waals surface area contributed by atoms with Crippen LogP contribution in [0.1, 0.15) is 91.0 Å². The number of alkyl carbamates (subject to hydrolysis) is 1. The topological polar surface area (TPSA) is 189 Å². The molecule has 3 N–H and O–H groups in total. The number of nitrogens with zero attached hydrogens (tertiary/aromatic N) is 4. The fourth-order valence-corrected chi connectivity index (χ4v) is 9.37. The zero-order valence-corrected chi connectivity index (χ0v) is 33.2. The van der Waals surface area contributed by atoms with E-state index in [2.05, 4.69) is 26.8 Å². The summed E-state index contributed by atoms with van der Waals surface area (Å²) in [6.45, 7) is 10.6. The molecule has 1 aromatic heterocycles. The van der Waals surface area contributed by atoms with E-state index < -0.39 is 79.6 Å². The zero-order valence-electron chi connectivity index (χ0n) is 32.4. The van der Waals surface area contributed by atoms with Crippen molar-refractivity contribution in [3.8, 4) is 11.3 Å². The third-order valence-electron chi connectivity index (χ3n) is 11.8. The van der Waals surface area contributed by atoms with Crippen molar-refractivity contribution in [2.45, 2.75) is 120 Å². The van der Waals surface area contributed by atoms with Crippen molar-refractivity contribution in [1.29, 1.82) is 0 Å². The molecule has 3 heterocycles. The van der Waals surface area contributed by atoms with Gasteiger partial charge in [-0.15, -0.1) is 6.58 Å². The zero-order chi connectivity index (χ0) is 40.0. The highest BCUT2D eigenvalue weighted by Crippen LogP contribution is 2.46. The maximum absolute atomic E-state index is 14.7. The molecule has 5 atom stereocenters. The minimum Gasteiger partial charge on any atom is -0.446 e. The molecule has 0 radical (unpaired) electrons. The molecule has 3 aliphatic carbocycles. The number of aromatic nitrogens is 2. The van der Waals surface area contributed by atoms with E-state index >= 15 is 0 Å². The van der Waals surface area contributed by atoms with E-state index in [0.29, 0.717) is 18.5 Å². The molecule has 56 heavy (non-hydrogen) atoms. The predicted molar refractivity (Wildman–Crippen MR) is 209 cm³/mol. The number of likely N-dealkylation sites (tertiary alicyclic amines) is 1. The van der Waals surface area contributed by atoms with Crippen LogP contribution in [0.4, 0.5) is 10.5 Å². The quantitative estimate of drug-likeness (QED) is 0.269. The molecule has 5 fully saturated rings. The summed E-state index contributed by atoms with van der Waals surface area (Å²) in [7, 11) is -3.93. The van der Waals surface area contributed by atoms with Gasteiger partial charge < -0.3 is 25.2 Å². The first kappa shape index (κ1) is 39.5. The summed E-state index contributed by atoms with van der Waals surface area (Å²) < 4.78 is 34.6. The SMILES string of the molecule is C=C[C@@H]1C[C@]1(NC(=O)[C@@H]1C[C@@H](n2nc(-c3ccccc3)c(N3CCCCC3)cc2=O)CN1C(=O)[C@@H](NC(=O)OC1CCC1)C(C)(C)C)C(=O)NS(=O)(=O)C1CC1. The fraction of sp³-hybridized carbons (Fsp3) is 0.600. The number of amides is 4. The largest absolute Gasteiger partial charge is 0.446 e. The van der Waals surface area contributed by atoms with Crippen molar-refractivity contribution in [2.24, 2.45) is 11.3 Å². The van der Waals surface area contributed by atoms with Crippen LogP contribution in [-0.2, 0) is 29.1 Å². The molecule has 1 aromatic carbocycles. The van der Waals surface area contributed by atoms with Gasteiger partial charge in [0.05, 0.1) is 17.0 Å². The molecule has 4 amide bonds. The van der Waals surface area contributed by atoms with Crippen LogP contribution in [0.25, 0.3) is 11.3 Å². The van der Waals surface area contributed by atoms with Gasteiger partial charge in [-0.1, -0.05) is 57.2 Å². The minimum absolute atomic E-state index is 0.0397. The number of benzene rings is 1. The Labute approximate surface area is 327 Å². The maximum atomic E-state index is 14.7. The highest BCUT2D eigenvalue weighted by molar-refractivity contribution is 7.91. The summed E-state index contributed by atoms with van der Waals surface area (Å²) in [5.41, 5.74) is -0.685. The standard InChI is InChI=1S/C40H53N7O8S/c1-5-26-23-40(26,37(51)44-56(53,54)29-17-18-29)42-35(49)31-21-27(24-46(31)36(50)34(39(2,3)4)41-38(52)55-28-15-12-16-28)47-32(48)22-30(45-19-10-7-11-20-45)33(43-47)25-13-8-6-9-14-25/h5-6,8-9,13-14,22,26-29,31,34H,1,7,10-12,15-21,23-24H2,2-4H3,(H,41,52)(H,42,49)(H,44,51)/t26-,27-,31+,34-,40-/m1/s1. The molecule has 0 bridgehead atoms. The third kappa shape index (κ3) is 8.07. The Kier molecular flexibility index (Phi) is 10.8. The summed E-state index contributed by atoms with van der Waals surface area (Å²) >= 11 is 0. The first-order chi connectivity index (χ1) is 26.6. The molecule has 0 unspecified atom stereocenters. The Hall–Kier alpha value is -4.73. The number of hydrogen-bond donors (Lipinski definition) is 3. The molecule has 3 saturated carbocycles. The molecule has 2 aromatic rings. The Morgan fingerprint density at radius 3 is 2.30 bits per heavy atom. The van der Waals surface area contributed by atoms with Gasteiger partial charge in [-0.3, -0.25) is 23.9 Å². The molecule has 2 saturated heterocycles. The van der Waals surface area contributed by atoms with E-state index in [1.165, 1.54) is 15.7 Å². The van der Waals surface area contributed by atoms with Gasteiger partial charge in [0.25, 0.3) is 11.5 Å². The molecule has 16 heteroatoms. The van der Waals surface area contributed by atoms with Crippen molar-refractivity contribution in [2.75, 3.05) is 24.5 Å². The Morgan fingerprint density at radius 1 is 1.02 bits per heavy atom. The molecular weight excluding hydrogens is 739 g/mol. The Bertz CT molecular complexity index is 2040. The number of ether oxygens (including phenoxy) is 1. The first-order valence-electron chi connectivity index (χ1n) is 19.8. The number of hydrogen-bond acceptors (Lipinski definition) is 10. The van der Waals surface area contributed by atoms with E-state index in [0.717, 1.165) is 62.9 Å². The van der Waals surface area contributed by atoms with Crippen LogP contribution >= 0.6 is 0 Å². The van der Waals surface area contributed by atoms with Crippen LogP contribution < -0.4 is 25.8 Å². The normalized spacial score (nSPS) is 25.7. The van der Waals surface area contributed by atoms with Gasteiger partial charge in [0, 0.05) is 43.6 Å². The second-order valence-corrected chi connectivity index (χ2v) is 19.0. The van der Waals surface area contributed by atoms with Gasteiger partial charge in [-0.25, -0.2) is 17.9 Å². The number of nitrogens with one attached hydrogen (secondary N) is 3. The molecule has 15 nitrogen and oxygen atoms in total. The van der Waals surface area contributed by atoms with Crippen LogP contribution in [0.15, 0.2) is 53.8 Å². The molecule has 0 spiro atoms. The number of carbonyl (C=O) groups excluding carboxylic acids is 4. The summed E-state index contributed by atoms with van der Waals surface area (Å²) in [5.74, 6) is -2.68. The number of piperidine rings is 1. The Balaban J connectivity index is 1.23. The van der Waals surface area contributed by atoms with Gasteiger partial charge in [-0.05, 0) is 63.2 Å². The molecule has 7 rings (SSSR count). The van der Waals surface area contributed by atoms with Crippen LogP contribution in [-0.4, -0.2) is 95.5 Å². The van der Waals surface area contributed by atoms with Crippen LogP contribution in [0.5, 0.6) is 0 Å².